The Bertz CT molecular complexity index is 1080. The van der Waals surface area contributed by atoms with E-state index in [4.69, 9.17) is 0 Å². The minimum absolute atomic E-state index is 0.608. The highest BCUT2D eigenvalue weighted by molar-refractivity contribution is 5.95. The van der Waals surface area contributed by atoms with E-state index in [1.807, 2.05) is 101 Å². The molecule has 0 radical (unpaired) electrons. The van der Waals surface area contributed by atoms with Gasteiger partial charge in [-0.05, 0) is 61.7 Å². The van der Waals surface area contributed by atoms with Gasteiger partial charge in [-0.2, -0.15) is 5.26 Å². The van der Waals surface area contributed by atoms with Crippen molar-refractivity contribution in [1.29, 1.82) is 5.26 Å². The summed E-state index contributed by atoms with van der Waals surface area (Å²) in [7, 11) is 3.79. The van der Waals surface area contributed by atoms with Crippen LogP contribution in [0.3, 0.4) is 0 Å². The van der Waals surface area contributed by atoms with Crippen LogP contribution in [-0.2, 0) is 10.2 Å². The van der Waals surface area contributed by atoms with Gasteiger partial charge in [0.2, 0.25) is 6.41 Å². The van der Waals surface area contributed by atoms with Gasteiger partial charge in [-0.25, -0.2) is 0 Å². The molecule has 0 aliphatic rings. The van der Waals surface area contributed by atoms with Crippen molar-refractivity contribution in [2.24, 2.45) is 0 Å². The molecule has 0 fully saturated rings. The number of nitriles is 1. The van der Waals surface area contributed by atoms with E-state index in [0.717, 1.165) is 23.1 Å². The topological polar surface area (TPSA) is 60.2 Å². The zero-order valence-corrected chi connectivity index (χ0v) is 19.4. The Morgan fingerprint density at radius 3 is 2.41 bits per heavy atom. The van der Waals surface area contributed by atoms with Crippen LogP contribution in [0.5, 0.6) is 0 Å². The van der Waals surface area contributed by atoms with Gasteiger partial charge in [-0.1, -0.05) is 43.0 Å². The van der Waals surface area contributed by atoms with E-state index in [-0.39, 0.29) is 0 Å². The number of carbonyl (C=O) groups excluding carboxylic acids is 1. The third-order valence-electron chi connectivity index (χ3n) is 4.94. The number of nitrogens with zero attached hydrogens (tertiary/aromatic N) is 4. The van der Waals surface area contributed by atoms with E-state index in [1.54, 1.807) is 17.2 Å². The number of hydrogen-bond acceptors (Lipinski definition) is 4. The van der Waals surface area contributed by atoms with Gasteiger partial charge < -0.3 is 4.90 Å². The Balaban J connectivity index is 2.57. The molecule has 0 saturated carbocycles. The quantitative estimate of drug-likeness (QED) is 0.389. The smallest absolute Gasteiger partial charge is 0.218 e. The molecule has 1 heterocycles. The Morgan fingerprint density at radius 1 is 1.19 bits per heavy atom. The second-order valence-electron chi connectivity index (χ2n) is 8.02. The first-order chi connectivity index (χ1) is 15.3. The van der Waals surface area contributed by atoms with Crippen molar-refractivity contribution in [3.8, 4) is 6.07 Å². The average molecular weight is 427 g/mol. The molecule has 0 saturated heterocycles. The van der Waals surface area contributed by atoms with Gasteiger partial charge in [-0.3, -0.25) is 14.7 Å². The lowest BCUT2D eigenvalue weighted by Crippen LogP contribution is -2.22. The molecule has 0 aliphatic heterocycles. The number of rotatable bonds is 9. The van der Waals surface area contributed by atoms with Crippen LogP contribution in [0.1, 0.15) is 37.6 Å². The molecule has 0 bridgehead atoms. The lowest BCUT2D eigenvalue weighted by Gasteiger charge is -2.24. The van der Waals surface area contributed by atoms with Crippen molar-refractivity contribution in [3.05, 3.63) is 96.5 Å². The SMILES string of the molecule is C=C/C(=C\C=C/C)c1ccnc(/C(=C/N(C)C)N(C=O)c2ccc(C(C)(C)C#N)cc2)c1. The zero-order chi connectivity index (χ0) is 23.7. The second kappa shape index (κ2) is 10.9. The fourth-order valence-electron chi connectivity index (χ4n) is 3.09. The Labute approximate surface area is 191 Å². The number of hydrogen-bond donors (Lipinski definition) is 0. The second-order valence-corrected chi connectivity index (χ2v) is 8.02. The van der Waals surface area contributed by atoms with Crippen LogP contribution in [0.4, 0.5) is 5.69 Å². The summed E-state index contributed by atoms with van der Waals surface area (Å²) in [6, 6.07) is 13.6. The summed E-state index contributed by atoms with van der Waals surface area (Å²) in [6.45, 7) is 9.60. The number of pyridine rings is 1. The minimum atomic E-state index is -0.608. The maximum atomic E-state index is 12.2. The fourth-order valence-corrected chi connectivity index (χ4v) is 3.09. The molecule has 0 N–H and O–H groups in total. The molecule has 0 aliphatic carbocycles. The summed E-state index contributed by atoms with van der Waals surface area (Å²) in [4.78, 5) is 20.2. The van der Waals surface area contributed by atoms with E-state index in [9.17, 15) is 10.1 Å². The molecular weight excluding hydrogens is 396 g/mol. The van der Waals surface area contributed by atoms with E-state index >= 15 is 0 Å². The molecule has 5 nitrogen and oxygen atoms in total. The molecule has 2 rings (SSSR count). The first-order valence-electron chi connectivity index (χ1n) is 10.3. The maximum absolute atomic E-state index is 12.2. The van der Waals surface area contributed by atoms with Crippen LogP contribution in [0.15, 0.2) is 79.7 Å². The molecule has 0 atom stereocenters. The van der Waals surface area contributed by atoms with Crippen LogP contribution in [0.25, 0.3) is 11.3 Å². The van der Waals surface area contributed by atoms with Crippen molar-refractivity contribution < 1.29 is 4.79 Å². The van der Waals surface area contributed by atoms with Crippen LogP contribution >= 0.6 is 0 Å². The molecular formula is C27H30N4O. The third-order valence-corrected chi connectivity index (χ3v) is 4.94. The predicted molar refractivity (Wildman–Crippen MR) is 133 cm³/mol. The molecule has 0 unspecified atom stereocenters. The van der Waals surface area contributed by atoms with Gasteiger partial charge in [0.25, 0.3) is 0 Å². The largest absolute Gasteiger partial charge is 0.382 e. The van der Waals surface area contributed by atoms with Crippen molar-refractivity contribution in [3.63, 3.8) is 0 Å². The molecule has 164 valence electrons. The highest BCUT2D eigenvalue weighted by Crippen LogP contribution is 2.29. The maximum Gasteiger partial charge on any atom is 0.218 e. The third kappa shape index (κ3) is 5.83. The summed E-state index contributed by atoms with van der Waals surface area (Å²) in [5.41, 5.74) is 4.15. The van der Waals surface area contributed by atoms with Crippen LogP contribution in [-0.4, -0.2) is 30.4 Å². The van der Waals surface area contributed by atoms with E-state index in [2.05, 4.69) is 17.6 Å². The lowest BCUT2D eigenvalue weighted by atomic mass is 9.86. The standard InChI is InChI=1S/C27H30N4O/c1-7-9-10-21(8-2)22-15-16-29-25(17-22)26(18-30(5)6)31(20-32)24-13-11-23(12-14-24)27(3,4)19-28/h7-18,20H,2H2,1,3-6H3/b9-7-,21-10+,26-18-. The van der Waals surface area contributed by atoms with Crippen molar-refractivity contribution in [2.75, 3.05) is 19.0 Å². The molecule has 1 aromatic heterocycles. The summed E-state index contributed by atoms with van der Waals surface area (Å²) in [5.74, 6) is 0. The van der Waals surface area contributed by atoms with Gasteiger partial charge >= 0.3 is 0 Å². The summed E-state index contributed by atoms with van der Waals surface area (Å²) in [6.07, 6.45) is 12.0. The summed E-state index contributed by atoms with van der Waals surface area (Å²) >= 11 is 0. The number of allylic oxidation sites excluding steroid dienone is 5. The van der Waals surface area contributed by atoms with E-state index in [1.165, 1.54) is 0 Å². The van der Waals surface area contributed by atoms with Gasteiger partial charge in [0.1, 0.15) is 0 Å². The number of anilines is 1. The van der Waals surface area contributed by atoms with Crippen LogP contribution in [0.2, 0.25) is 0 Å². The van der Waals surface area contributed by atoms with Crippen LogP contribution < -0.4 is 4.90 Å². The average Bonchev–Trinajstić information content (AvgIpc) is 2.79. The number of carbonyl (C=O) groups is 1. The Morgan fingerprint density at radius 2 is 1.88 bits per heavy atom. The zero-order valence-electron chi connectivity index (χ0n) is 19.4. The van der Waals surface area contributed by atoms with Gasteiger partial charge in [-0.15, -0.1) is 0 Å². The summed E-state index contributed by atoms with van der Waals surface area (Å²) < 4.78 is 0. The van der Waals surface area contributed by atoms with Gasteiger partial charge in [0, 0.05) is 32.2 Å². The lowest BCUT2D eigenvalue weighted by molar-refractivity contribution is -0.106. The Hall–Kier alpha value is -3.91. The number of benzene rings is 1. The predicted octanol–water partition coefficient (Wildman–Crippen LogP) is 5.55. The number of aromatic nitrogens is 1. The summed E-state index contributed by atoms with van der Waals surface area (Å²) in [5, 5.41) is 9.40. The van der Waals surface area contributed by atoms with Crippen molar-refractivity contribution in [1.82, 2.24) is 9.88 Å². The van der Waals surface area contributed by atoms with E-state index in [0.29, 0.717) is 17.1 Å². The van der Waals surface area contributed by atoms with Gasteiger partial charge in [0.15, 0.2) is 0 Å². The Kier molecular flexibility index (Phi) is 8.31. The molecule has 2 aromatic rings. The minimum Gasteiger partial charge on any atom is -0.382 e. The normalized spacial score (nSPS) is 12.4. The first kappa shape index (κ1) is 24.4. The van der Waals surface area contributed by atoms with Crippen molar-refractivity contribution in [2.45, 2.75) is 26.2 Å². The molecule has 32 heavy (non-hydrogen) atoms. The van der Waals surface area contributed by atoms with Crippen LogP contribution in [0, 0.1) is 11.3 Å². The highest BCUT2D eigenvalue weighted by atomic mass is 16.1. The first-order valence-corrected chi connectivity index (χ1v) is 10.3. The highest BCUT2D eigenvalue weighted by Gasteiger charge is 2.21. The molecule has 1 amide bonds. The molecule has 5 heteroatoms. The fraction of sp³-hybridized carbons (Fsp3) is 0.222. The van der Waals surface area contributed by atoms with Crippen molar-refractivity contribution >= 4 is 23.4 Å². The monoisotopic (exact) mass is 426 g/mol. The van der Waals surface area contributed by atoms with E-state index < -0.39 is 5.41 Å². The van der Waals surface area contributed by atoms with Gasteiger partial charge in [0.05, 0.1) is 22.9 Å². The number of amides is 1. The molecule has 0 spiro atoms. The molecule has 1 aromatic carbocycles.